The lowest BCUT2D eigenvalue weighted by Gasteiger charge is -2.07. The number of H-pyrrole nitrogens is 1. The van der Waals surface area contributed by atoms with Gasteiger partial charge in [0.1, 0.15) is 5.82 Å². The Balaban J connectivity index is 1.67. The first-order valence-corrected chi connectivity index (χ1v) is 8.07. The van der Waals surface area contributed by atoms with Crippen molar-refractivity contribution in [1.82, 2.24) is 15.3 Å². The van der Waals surface area contributed by atoms with E-state index in [0.29, 0.717) is 12.0 Å². The van der Waals surface area contributed by atoms with E-state index in [2.05, 4.69) is 53.4 Å². The maximum atomic E-state index is 4.53. The van der Waals surface area contributed by atoms with Gasteiger partial charge in [0.05, 0.1) is 11.9 Å². The Labute approximate surface area is 127 Å². The first kappa shape index (κ1) is 14.3. The molecule has 0 aliphatic carbocycles. The summed E-state index contributed by atoms with van der Waals surface area (Å²) in [4.78, 5) is 8.00. The van der Waals surface area contributed by atoms with Gasteiger partial charge in [-0.3, -0.25) is 0 Å². The molecule has 1 aromatic carbocycles. The van der Waals surface area contributed by atoms with Crippen LogP contribution in [0.4, 0.5) is 0 Å². The summed E-state index contributed by atoms with van der Waals surface area (Å²) < 4.78 is 0. The van der Waals surface area contributed by atoms with E-state index in [4.69, 9.17) is 0 Å². The Morgan fingerprint density at radius 3 is 2.71 bits per heavy atom. The van der Waals surface area contributed by atoms with Crippen LogP contribution in [0.2, 0.25) is 0 Å². The molecule has 2 N–H and O–H groups in total. The maximum Gasteiger partial charge on any atom is 0.108 e. The van der Waals surface area contributed by atoms with Crippen molar-refractivity contribution in [2.45, 2.75) is 45.6 Å². The van der Waals surface area contributed by atoms with Gasteiger partial charge in [-0.25, -0.2) is 4.98 Å². The number of benzene rings is 1. The molecule has 3 rings (SSSR count). The van der Waals surface area contributed by atoms with Crippen molar-refractivity contribution in [3.8, 4) is 11.3 Å². The van der Waals surface area contributed by atoms with Crippen LogP contribution in [0.3, 0.4) is 0 Å². The third-order valence-electron chi connectivity index (χ3n) is 4.14. The smallest absolute Gasteiger partial charge is 0.108 e. The van der Waals surface area contributed by atoms with E-state index in [9.17, 15) is 0 Å². The number of nitrogens with one attached hydrogen (secondary N) is 2. The molecular formula is C18H25N3. The van der Waals surface area contributed by atoms with Crippen molar-refractivity contribution in [2.75, 3.05) is 6.54 Å². The molecule has 112 valence electrons. The molecule has 1 unspecified atom stereocenters. The molecule has 1 aliphatic heterocycles. The topological polar surface area (TPSA) is 40.7 Å². The molecule has 3 nitrogen and oxygen atoms in total. The third-order valence-corrected chi connectivity index (χ3v) is 4.14. The predicted molar refractivity (Wildman–Crippen MR) is 87.3 cm³/mol. The van der Waals surface area contributed by atoms with Crippen molar-refractivity contribution in [1.29, 1.82) is 0 Å². The largest absolute Gasteiger partial charge is 0.342 e. The van der Waals surface area contributed by atoms with Crippen LogP contribution in [-0.2, 0) is 12.8 Å². The summed E-state index contributed by atoms with van der Waals surface area (Å²) in [6.07, 6.45) is 6.66. The molecule has 1 aromatic heterocycles. The fourth-order valence-electron chi connectivity index (χ4n) is 3.07. The van der Waals surface area contributed by atoms with E-state index in [1.807, 2.05) is 6.20 Å². The summed E-state index contributed by atoms with van der Waals surface area (Å²) in [5.41, 5.74) is 3.75. The van der Waals surface area contributed by atoms with Crippen molar-refractivity contribution >= 4 is 0 Å². The molecule has 0 bridgehead atoms. The lowest BCUT2D eigenvalue weighted by molar-refractivity contribution is 0.589. The van der Waals surface area contributed by atoms with Gasteiger partial charge in [-0.05, 0) is 42.9 Å². The molecule has 1 saturated heterocycles. The number of hydrogen-bond acceptors (Lipinski definition) is 2. The SMILES string of the molecule is CC(C)Cc1ccc(-c2cnc(CC3CCCN3)[nH]2)cc1. The Morgan fingerprint density at radius 2 is 2.05 bits per heavy atom. The van der Waals surface area contributed by atoms with Crippen molar-refractivity contribution < 1.29 is 0 Å². The highest BCUT2D eigenvalue weighted by Gasteiger charge is 2.16. The van der Waals surface area contributed by atoms with Crippen molar-refractivity contribution in [2.24, 2.45) is 5.92 Å². The van der Waals surface area contributed by atoms with E-state index < -0.39 is 0 Å². The average Bonchev–Trinajstić information content (AvgIpc) is 3.11. The van der Waals surface area contributed by atoms with E-state index in [1.54, 1.807) is 0 Å². The fourth-order valence-corrected chi connectivity index (χ4v) is 3.07. The summed E-state index contributed by atoms with van der Waals surface area (Å²) in [6, 6.07) is 9.45. The van der Waals surface area contributed by atoms with Crippen LogP contribution in [0, 0.1) is 5.92 Å². The molecule has 0 radical (unpaired) electrons. The minimum Gasteiger partial charge on any atom is -0.342 e. The number of aromatic amines is 1. The van der Waals surface area contributed by atoms with E-state index in [1.165, 1.54) is 24.0 Å². The average molecular weight is 283 g/mol. The van der Waals surface area contributed by atoms with Gasteiger partial charge < -0.3 is 10.3 Å². The molecule has 21 heavy (non-hydrogen) atoms. The second kappa shape index (κ2) is 6.44. The molecule has 2 heterocycles. The Hall–Kier alpha value is -1.61. The van der Waals surface area contributed by atoms with Crippen LogP contribution in [0.15, 0.2) is 30.5 Å². The number of rotatable bonds is 5. The summed E-state index contributed by atoms with van der Waals surface area (Å²) in [6.45, 7) is 5.66. The quantitative estimate of drug-likeness (QED) is 0.880. The standard InChI is InChI=1S/C18H25N3/c1-13(2)10-14-5-7-15(8-6-14)17-12-20-18(21-17)11-16-4-3-9-19-16/h5-8,12-13,16,19H,3-4,9-11H2,1-2H3,(H,20,21). The maximum absolute atomic E-state index is 4.53. The number of aromatic nitrogens is 2. The lowest BCUT2D eigenvalue weighted by atomic mass is 10.0. The molecule has 0 saturated carbocycles. The molecule has 1 fully saturated rings. The number of imidazole rings is 1. The summed E-state index contributed by atoms with van der Waals surface area (Å²) in [5.74, 6) is 1.80. The Morgan fingerprint density at radius 1 is 1.24 bits per heavy atom. The summed E-state index contributed by atoms with van der Waals surface area (Å²) in [5, 5.41) is 3.52. The van der Waals surface area contributed by atoms with Gasteiger partial charge in [-0.1, -0.05) is 38.1 Å². The second-order valence-electron chi connectivity index (χ2n) is 6.54. The molecule has 0 amide bonds. The zero-order valence-corrected chi connectivity index (χ0v) is 13.0. The van der Waals surface area contributed by atoms with Crippen LogP contribution in [0.25, 0.3) is 11.3 Å². The minimum absolute atomic E-state index is 0.595. The molecular weight excluding hydrogens is 258 g/mol. The van der Waals surface area contributed by atoms with Gasteiger partial charge in [0.15, 0.2) is 0 Å². The fraction of sp³-hybridized carbons (Fsp3) is 0.500. The van der Waals surface area contributed by atoms with Gasteiger partial charge in [-0.2, -0.15) is 0 Å². The molecule has 2 aromatic rings. The summed E-state index contributed by atoms with van der Waals surface area (Å²) >= 11 is 0. The predicted octanol–water partition coefficient (Wildman–Crippen LogP) is 3.57. The van der Waals surface area contributed by atoms with Crippen LogP contribution in [0.5, 0.6) is 0 Å². The normalized spacial score (nSPS) is 18.5. The van der Waals surface area contributed by atoms with Crippen LogP contribution >= 0.6 is 0 Å². The Bertz CT molecular complexity index is 562. The van der Waals surface area contributed by atoms with Gasteiger partial charge in [-0.15, -0.1) is 0 Å². The first-order valence-electron chi connectivity index (χ1n) is 8.07. The Kier molecular flexibility index (Phi) is 4.39. The van der Waals surface area contributed by atoms with Crippen molar-refractivity contribution in [3.05, 3.63) is 41.9 Å². The van der Waals surface area contributed by atoms with E-state index in [0.717, 1.165) is 30.9 Å². The van der Waals surface area contributed by atoms with Crippen molar-refractivity contribution in [3.63, 3.8) is 0 Å². The molecule has 0 spiro atoms. The van der Waals surface area contributed by atoms with Crippen LogP contribution in [-0.4, -0.2) is 22.6 Å². The van der Waals surface area contributed by atoms with E-state index in [-0.39, 0.29) is 0 Å². The molecule has 3 heteroatoms. The van der Waals surface area contributed by atoms with Crippen LogP contribution < -0.4 is 5.32 Å². The van der Waals surface area contributed by atoms with Gasteiger partial charge in [0.2, 0.25) is 0 Å². The lowest BCUT2D eigenvalue weighted by Crippen LogP contribution is -2.24. The van der Waals surface area contributed by atoms with Gasteiger partial charge in [0, 0.05) is 12.5 Å². The number of hydrogen-bond donors (Lipinski definition) is 2. The molecule has 1 aliphatic rings. The van der Waals surface area contributed by atoms with E-state index >= 15 is 0 Å². The van der Waals surface area contributed by atoms with Crippen LogP contribution in [0.1, 0.15) is 38.1 Å². The monoisotopic (exact) mass is 283 g/mol. The zero-order chi connectivity index (χ0) is 14.7. The molecule has 1 atom stereocenters. The second-order valence-corrected chi connectivity index (χ2v) is 6.54. The minimum atomic E-state index is 0.595. The third kappa shape index (κ3) is 3.73. The number of nitrogens with zero attached hydrogens (tertiary/aromatic N) is 1. The van der Waals surface area contributed by atoms with Gasteiger partial charge >= 0.3 is 0 Å². The highest BCUT2D eigenvalue weighted by molar-refractivity contribution is 5.58. The first-order chi connectivity index (χ1) is 10.2. The summed E-state index contributed by atoms with van der Waals surface area (Å²) in [7, 11) is 0. The zero-order valence-electron chi connectivity index (χ0n) is 13.0. The van der Waals surface area contributed by atoms with Gasteiger partial charge in [0.25, 0.3) is 0 Å². The highest BCUT2D eigenvalue weighted by atomic mass is 15.0. The highest BCUT2D eigenvalue weighted by Crippen LogP contribution is 2.20.